The molecule has 0 amide bonds. The Bertz CT molecular complexity index is 826. The zero-order valence-electron chi connectivity index (χ0n) is 13.1. The molecule has 1 aliphatic heterocycles. The topological polar surface area (TPSA) is 75.7 Å². The third kappa shape index (κ3) is 2.83. The largest absolute Gasteiger partial charge is 0.381 e. The molecule has 0 radical (unpaired) electrons. The maximum absolute atomic E-state index is 6.05. The highest BCUT2D eigenvalue weighted by molar-refractivity contribution is 6.30. The molecule has 0 bridgehead atoms. The second kappa shape index (κ2) is 6.37. The van der Waals surface area contributed by atoms with Crippen LogP contribution in [-0.2, 0) is 10.2 Å². The fraction of sp³-hybridized carbons (Fsp3) is 0.353. The van der Waals surface area contributed by atoms with Gasteiger partial charge in [-0.2, -0.15) is 5.10 Å². The van der Waals surface area contributed by atoms with Crippen LogP contribution in [0.25, 0.3) is 11.0 Å². The number of halogens is 1. The zero-order valence-corrected chi connectivity index (χ0v) is 13.9. The van der Waals surface area contributed by atoms with Crippen LogP contribution in [0.3, 0.4) is 0 Å². The number of fused-ring (bicyclic) bond motifs is 1. The molecule has 1 fully saturated rings. The van der Waals surface area contributed by atoms with Gasteiger partial charge in [-0.3, -0.25) is 5.10 Å². The van der Waals surface area contributed by atoms with E-state index >= 15 is 0 Å². The van der Waals surface area contributed by atoms with Crippen LogP contribution in [0.2, 0.25) is 5.02 Å². The number of aromatic nitrogens is 4. The van der Waals surface area contributed by atoms with Crippen LogP contribution in [0, 0.1) is 0 Å². The predicted octanol–water partition coefficient (Wildman–Crippen LogP) is 3.17. The first-order valence-electron chi connectivity index (χ1n) is 7.99. The lowest BCUT2D eigenvalue weighted by Gasteiger charge is -2.38. The number of H-pyrrole nitrogens is 1. The van der Waals surface area contributed by atoms with Crippen LogP contribution in [0.4, 0.5) is 5.82 Å². The van der Waals surface area contributed by atoms with Crippen LogP contribution < -0.4 is 5.32 Å². The molecular weight excluding hydrogens is 326 g/mol. The van der Waals surface area contributed by atoms with Gasteiger partial charge in [-0.15, -0.1) is 0 Å². The Kier molecular flexibility index (Phi) is 4.08. The summed E-state index contributed by atoms with van der Waals surface area (Å²) < 4.78 is 5.59. The summed E-state index contributed by atoms with van der Waals surface area (Å²) >= 11 is 6.05. The summed E-state index contributed by atoms with van der Waals surface area (Å²) in [6, 6.07) is 8.13. The average Bonchev–Trinajstić information content (AvgIpc) is 3.10. The molecule has 3 aromatic rings. The summed E-state index contributed by atoms with van der Waals surface area (Å²) in [7, 11) is 0. The first-order valence-corrected chi connectivity index (χ1v) is 8.36. The van der Waals surface area contributed by atoms with E-state index in [1.54, 1.807) is 12.5 Å². The SMILES string of the molecule is Clc1ccc(C2(CNc3ncnc4[nH]ncc34)CCOCC2)cc1. The average molecular weight is 344 g/mol. The first kappa shape index (κ1) is 15.4. The standard InChI is InChI=1S/C17H18ClN5O/c18-13-3-1-12(2-4-13)17(5-7-24-8-6-17)10-19-15-14-9-22-23-16(14)21-11-20-15/h1-4,9,11H,5-8,10H2,(H2,19,20,21,22,23). The normalized spacial score (nSPS) is 17.0. The van der Waals surface area contributed by atoms with Crippen molar-refractivity contribution >= 4 is 28.5 Å². The summed E-state index contributed by atoms with van der Waals surface area (Å²) in [4.78, 5) is 8.55. The van der Waals surface area contributed by atoms with Crippen LogP contribution in [0.5, 0.6) is 0 Å². The van der Waals surface area contributed by atoms with Gasteiger partial charge in [0.2, 0.25) is 0 Å². The van der Waals surface area contributed by atoms with E-state index in [1.807, 2.05) is 12.1 Å². The molecule has 3 heterocycles. The molecule has 0 saturated carbocycles. The van der Waals surface area contributed by atoms with Crippen molar-refractivity contribution in [1.29, 1.82) is 0 Å². The molecule has 1 aliphatic rings. The molecule has 4 rings (SSSR count). The van der Waals surface area contributed by atoms with Gasteiger partial charge in [-0.1, -0.05) is 23.7 Å². The molecule has 0 spiro atoms. The lowest BCUT2D eigenvalue weighted by Crippen LogP contribution is -2.40. The Morgan fingerprint density at radius 1 is 1.17 bits per heavy atom. The van der Waals surface area contributed by atoms with Crippen molar-refractivity contribution in [2.75, 3.05) is 25.1 Å². The smallest absolute Gasteiger partial charge is 0.160 e. The molecule has 2 aromatic heterocycles. The van der Waals surface area contributed by atoms with Crippen molar-refractivity contribution < 1.29 is 4.74 Å². The Labute approximate surface area is 144 Å². The van der Waals surface area contributed by atoms with E-state index in [4.69, 9.17) is 16.3 Å². The van der Waals surface area contributed by atoms with Gasteiger partial charge in [0.1, 0.15) is 12.1 Å². The molecule has 1 saturated heterocycles. The van der Waals surface area contributed by atoms with Crippen molar-refractivity contribution in [3.8, 4) is 0 Å². The van der Waals surface area contributed by atoms with Crippen molar-refractivity contribution in [2.45, 2.75) is 18.3 Å². The van der Waals surface area contributed by atoms with E-state index < -0.39 is 0 Å². The third-order valence-electron chi connectivity index (χ3n) is 4.75. The first-order chi connectivity index (χ1) is 11.8. The minimum absolute atomic E-state index is 0.00382. The second-order valence-electron chi connectivity index (χ2n) is 6.11. The van der Waals surface area contributed by atoms with Gasteiger partial charge < -0.3 is 10.1 Å². The van der Waals surface area contributed by atoms with Crippen molar-refractivity contribution in [3.05, 3.63) is 47.4 Å². The van der Waals surface area contributed by atoms with Gasteiger partial charge in [0.15, 0.2) is 5.65 Å². The van der Waals surface area contributed by atoms with E-state index in [9.17, 15) is 0 Å². The minimum atomic E-state index is 0.00382. The van der Waals surface area contributed by atoms with Gasteiger partial charge in [0, 0.05) is 30.2 Å². The molecule has 0 unspecified atom stereocenters. The highest BCUT2D eigenvalue weighted by atomic mass is 35.5. The minimum Gasteiger partial charge on any atom is -0.381 e. The third-order valence-corrected chi connectivity index (χ3v) is 5.00. The van der Waals surface area contributed by atoms with Crippen LogP contribution >= 0.6 is 11.6 Å². The number of ether oxygens (including phenoxy) is 1. The molecule has 1 aromatic carbocycles. The number of hydrogen-bond acceptors (Lipinski definition) is 5. The van der Waals surface area contributed by atoms with Crippen LogP contribution in [0.15, 0.2) is 36.8 Å². The Morgan fingerprint density at radius 2 is 1.96 bits per heavy atom. The molecule has 0 atom stereocenters. The lowest BCUT2D eigenvalue weighted by molar-refractivity contribution is 0.0544. The number of nitrogens with zero attached hydrogens (tertiary/aromatic N) is 3. The summed E-state index contributed by atoms with van der Waals surface area (Å²) in [5, 5.41) is 12.1. The second-order valence-corrected chi connectivity index (χ2v) is 6.54. The molecule has 0 aliphatic carbocycles. The fourth-order valence-corrected chi connectivity index (χ4v) is 3.42. The Hall–Kier alpha value is -2.18. The molecule has 24 heavy (non-hydrogen) atoms. The van der Waals surface area contributed by atoms with Gasteiger partial charge in [0.25, 0.3) is 0 Å². The maximum Gasteiger partial charge on any atom is 0.160 e. The Balaban J connectivity index is 1.63. The monoisotopic (exact) mass is 343 g/mol. The lowest BCUT2D eigenvalue weighted by atomic mass is 9.74. The summed E-state index contributed by atoms with van der Waals surface area (Å²) in [6.45, 7) is 2.29. The molecule has 124 valence electrons. The number of anilines is 1. The molecule has 7 heteroatoms. The van der Waals surface area contributed by atoms with Gasteiger partial charge >= 0.3 is 0 Å². The highest BCUT2D eigenvalue weighted by Gasteiger charge is 2.34. The van der Waals surface area contributed by atoms with Crippen molar-refractivity contribution in [1.82, 2.24) is 20.2 Å². The molecule has 2 N–H and O–H groups in total. The number of hydrogen-bond donors (Lipinski definition) is 2. The van der Waals surface area contributed by atoms with E-state index in [0.717, 1.165) is 54.5 Å². The van der Waals surface area contributed by atoms with E-state index in [-0.39, 0.29) is 5.41 Å². The fourth-order valence-electron chi connectivity index (χ4n) is 3.29. The maximum atomic E-state index is 6.05. The van der Waals surface area contributed by atoms with Crippen LogP contribution in [-0.4, -0.2) is 39.9 Å². The molecule has 6 nitrogen and oxygen atoms in total. The zero-order chi connectivity index (χ0) is 16.4. The van der Waals surface area contributed by atoms with Crippen molar-refractivity contribution in [3.63, 3.8) is 0 Å². The van der Waals surface area contributed by atoms with Gasteiger partial charge in [-0.25, -0.2) is 9.97 Å². The van der Waals surface area contributed by atoms with E-state index in [2.05, 4.69) is 37.6 Å². The summed E-state index contributed by atoms with van der Waals surface area (Å²) in [5.74, 6) is 0.800. The van der Waals surface area contributed by atoms with Gasteiger partial charge in [0.05, 0.1) is 11.6 Å². The Morgan fingerprint density at radius 3 is 2.75 bits per heavy atom. The number of benzene rings is 1. The molecular formula is C17H18ClN5O. The number of rotatable bonds is 4. The van der Waals surface area contributed by atoms with E-state index in [1.165, 1.54) is 5.56 Å². The highest BCUT2D eigenvalue weighted by Crippen LogP contribution is 2.36. The van der Waals surface area contributed by atoms with Crippen LogP contribution in [0.1, 0.15) is 18.4 Å². The predicted molar refractivity (Wildman–Crippen MR) is 93.4 cm³/mol. The van der Waals surface area contributed by atoms with E-state index in [0.29, 0.717) is 0 Å². The van der Waals surface area contributed by atoms with Gasteiger partial charge in [-0.05, 0) is 30.5 Å². The quantitative estimate of drug-likeness (QED) is 0.761. The number of nitrogens with one attached hydrogen (secondary N) is 2. The summed E-state index contributed by atoms with van der Waals surface area (Å²) in [6.07, 6.45) is 5.21. The summed E-state index contributed by atoms with van der Waals surface area (Å²) in [5.41, 5.74) is 2.02. The number of aromatic amines is 1. The van der Waals surface area contributed by atoms with Crippen molar-refractivity contribution in [2.24, 2.45) is 0 Å².